The molecule has 1 aromatic carbocycles. The molecule has 6 heteroatoms. The first-order valence-electron chi connectivity index (χ1n) is 6.94. The second kappa shape index (κ2) is 6.23. The molecule has 23 heavy (non-hydrogen) atoms. The van der Waals surface area contributed by atoms with Crippen LogP contribution in [0.4, 0.5) is 11.4 Å². The Labute approximate surface area is 132 Å². The van der Waals surface area contributed by atoms with Gasteiger partial charge in [0, 0.05) is 11.4 Å². The Morgan fingerprint density at radius 3 is 1.91 bits per heavy atom. The van der Waals surface area contributed by atoms with Crippen LogP contribution in [0.2, 0.25) is 0 Å². The van der Waals surface area contributed by atoms with Gasteiger partial charge < -0.3 is 19.5 Å². The highest BCUT2D eigenvalue weighted by molar-refractivity contribution is 6.03. The minimum absolute atomic E-state index is 0.232. The summed E-state index contributed by atoms with van der Waals surface area (Å²) in [6, 6.07) is 13.3. The molecule has 3 aromatic rings. The third-order valence-electron chi connectivity index (χ3n) is 3.11. The van der Waals surface area contributed by atoms with Gasteiger partial charge in [-0.05, 0) is 55.5 Å². The van der Waals surface area contributed by atoms with Gasteiger partial charge in [0.2, 0.25) is 0 Å². The summed E-state index contributed by atoms with van der Waals surface area (Å²) in [5.74, 6) is 0.489. The Morgan fingerprint density at radius 1 is 0.826 bits per heavy atom. The van der Waals surface area contributed by atoms with E-state index in [1.807, 2.05) is 0 Å². The lowest BCUT2D eigenvalue weighted by molar-refractivity contribution is 0.0988. The van der Waals surface area contributed by atoms with E-state index in [9.17, 15) is 9.59 Å². The molecular formula is C17H14N2O4. The Morgan fingerprint density at radius 2 is 1.43 bits per heavy atom. The zero-order valence-corrected chi connectivity index (χ0v) is 12.3. The van der Waals surface area contributed by atoms with Crippen molar-refractivity contribution in [3.63, 3.8) is 0 Å². The van der Waals surface area contributed by atoms with Crippen molar-refractivity contribution in [3.05, 3.63) is 72.1 Å². The van der Waals surface area contributed by atoms with Gasteiger partial charge in [-0.15, -0.1) is 0 Å². The normalized spacial score (nSPS) is 10.3. The van der Waals surface area contributed by atoms with Crippen LogP contribution in [-0.4, -0.2) is 11.8 Å². The monoisotopic (exact) mass is 310 g/mol. The summed E-state index contributed by atoms with van der Waals surface area (Å²) >= 11 is 0. The van der Waals surface area contributed by atoms with E-state index in [1.165, 1.54) is 6.26 Å². The van der Waals surface area contributed by atoms with Crippen LogP contribution in [0, 0.1) is 6.92 Å². The lowest BCUT2D eigenvalue weighted by Gasteiger charge is -2.06. The van der Waals surface area contributed by atoms with Crippen molar-refractivity contribution in [1.29, 1.82) is 0 Å². The standard InChI is InChI=1S/C17H14N2O4/c1-11-4-9-15(23-11)17(21)19-13-7-5-12(6-8-13)18-16(20)14-3-2-10-22-14/h2-10H,1H3,(H,18,20)(H,19,21). The van der Waals surface area contributed by atoms with Crippen LogP contribution in [0.5, 0.6) is 0 Å². The molecule has 0 unspecified atom stereocenters. The zero-order valence-electron chi connectivity index (χ0n) is 12.3. The largest absolute Gasteiger partial charge is 0.459 e. The molecule has 0 radical (unpaired) electrons. The van der Waals surface area contributed by atoms with E-state index in [2.05, 4.69) is 10.6 Å². The van der Waals surface area contributed by atoms with Gasteiger partial charge in [-0.2, -0.15) is 0 Å². The van der Waals surface area contributed by atoms with Crippen molar-refractivity contribution in [2.75, 3.05) is 10.6 Å². The van der Waals surface area contributed by atoms with Gasteiger partial charge in [-0.1, -0.05) is 0 Å². The molecule has 2 heterocycles. The van der Waals surface area contributed by atoms with Crippen molar-refractivity contribution in [2.24, 2.45) is 0 Å². The molecule has 2 aromatic heterocycles. The number of hydrogen-bond donors (Lipinski definition) is 2. The topological polar surface area (TPSA) is 84.5 Å². The Bertz CT molecular complexity index is 817. The maximum atomic E-state index is 12.0. The third-order valence-corrected chi connectivity index (χ3v) is 3.11. The molecule has 0 saturated heterocycles. The first-order valence-corrected chi connectivity index (χ1v) is 6.94. The van der Waals surface area contributed by atoms with Crippen molar-refractivity contribution in [3.8, 4) is 0 Å². The van der Waals surface area contributed by atoms with Gasteiger partial charge in [-0.25, -0.2) is 0 Å². The van der Waals surface area contributed by atoms with E-state index in [0.29, 0.717) is 17.1 Å². The van der Waals surface area contributed by atoms with Crippen LogP contribution in [0.25, 0.3) is 0 Å². The Kier molecular flexibility index (Phi) is 3.97. The summed E-state index contributed by atoms with van der Waals surface area (Å²) in [6.45, 7) is 1.77. The van der Waals surface area contributed by atoms with Crippen LogP contribution in [0.1, 0.15) is 26.9 Å². The van der Waals surface area contributed by atoms with Crippen LogP contribution in [-0.2, 0) is 0 Å². The van der Waals surface area contributed by atoms with Crippen molar-refractivity contribution in [1.82, 2.24) is 0 Å². The molecule has 0 spiro atoms. The summed E-state index contributed by atoms with van der Waals surface area (Å²) in [7, 11) is 0. The lowest BCUT2D eigenvalue weighted by atomic mass is 10.2. The van der Waals surface area contributed by atoms with E-state index < -0.39 is 0 Å². The first-order chi connectivity index (χ1) is 11.1. The average Bonchev–Trinajstić information content (AvgIpc) is 3.20. The maximum absolute atomic E-state index is 12.0. The first kappa shape index (κ1) is 14.6. The van der Waals surface area contributed by atoms with Gasteiger partial charge in [0.05, 0.1) is 6.26 Å². The number of hydrogen-bond acceptors (Lipinski definition) is 4. The fourth-order valence-corrected chi connectivity index (χ4v) is 1.99. The Hall–Kier alpha value is -3.28. The molecule has 0 fully saturated rings. The molecule has 0 bridgehead atoms. The molecule has 116 valence electrons. The van der Waals surface area contributed by atoms with E-state index in [1.54, 1.807) is 55.5 Å². The van der Waals surface area contributed by atoms with Gasteiger partial charge in [-0.3, -0.25) is 9.59 Å². The minimum Gasteiger partial charge on any atom is -0.459 e. The van der Waals surface area contributed by atoms with Crippen molar-refractivity contribution >= 4 is 23.2 Å². The van der Waals surface area contributed by atoms with Crippen LogP contribution >= 0.6 is 0 Å². The molecule has 0 aliphatic heterocycles. The molecule has 2 N–H and O–H groups in total. The average molecular weight is 310 g/mol. The number of carbonyl (C=O) groups is 2. The highest BCUT2D eigenvalue weighted by atomic mass is 16.4. The summed E-state index contributed by atoms with van der Waals surface area (Å²) in [5, 5.41) is 5.41. The number of aryl methyl sites for hydroxylation is 1. The number of amides is 2. The second-order valence-electron chi connectivity index (χ2n) is 4.87. The highest BCUT2D eigenvalue weighted by Gasteiger charge is 2.11. The smallest absolute Gasteiger partial charge is 0.291 e. The molecule has 6 nitrogen and oxygen atoms in total. The molecule has 3 rings (SSSR count). The fraction of sp³-hybridized carbons (Fsp3) is 0.0588. The number of benzene rings is 1. The quantitative estimate of drug-likeness (QED) is 0.769. The number of nitrogens with one attached hydrogen (secondary N) is 2. The van der Waals surface area contributed by atoms with E-state index >= 15 is 0 Å². The molecule has 0 aliphatic rings. The molecule has 0 aliphatic carbocycles. The highest BCUT2D eigenvalue weighted by Crippen LogP contribution is 2.16. The predicted octanol–water partition coefficient (Wildman–Crippen LogP) is 3.69. The van der Waals surface area contributed by atoms with E-state index in [-0.39, 0.29) is 23.3 Å². The van der Waals surface area contributed by atoms with E-state index in [4.69, 9.17) is 8.83 Å². The summed E-state index contributed by atoms with van der Waals surface area (Å²) in [5.41, 5.74) is 1.19. The van der Waals surface area contributed by atoms with Crippen LogP contribution in [0.15, 0.2) is 63.6 Å². The number of rotatable bonds is 4. The van der Waals surface area contributed by atoms with Crippen molar-refractivity contribution in [2.45, 2.75) is 6.92 Å². The summed E-state index contributed by atoms with van der Waals surface area (Å²) in [4.78, 5) is 23.8. The second-order valence-corrected chi connectivity index (χ2v) is 4.87. The number of anilines is 2. The lowest BCUT2D eigenvalue weighted by Crippen LogP contribution is -2.12. The van der Waals surface area contributed by atoms with Crippen LogP contribution in [0.3, 0.4) is 0 Å². The number of furan rings is 2. The fourth-order valence-electron chi connectivity index (χ4n) is 1.99. The third kappa shape index (κ3) is 3.49. The Balaban J connectivity index is 1.63. The van der Waals surface area contributed by atoms with Crippen molar-refractivity contribution < 1.29 is 18.4 Å². The molecule has 2 amide bonds. The van der Waals surface area contributed by atoms with Gasteiger partial charge in [0.1, 0.15) is 5.76 Å². The predicted molar refractivity (Wildman–Crippen MR) is 84.5 cm³/mol. The molecule has 0 atom stereocenters. The van der Waals surface area contributed by atoms with Crippen LogP contribution < -0.4 is 10.6 Å². The van der Waals surface area contributed by atoms with Gasteiger partial charge in [0.25, 0.3) is 11.8 Å². The van der Waals surface area contributed by atoms with Gasteiger partial charge in [0.15, 0.2) is 11.5 Å². The zero-order chi connectivity index (χ0) is 16.2. The minimum atomic E-state index is -0.335. The van der Waals surface area contributed by atoms with E-state index in [0.717, 1.165) is 0 Å². The molecule has 0 saturated carbocycles. The summed E-state index contributed by atoms with van der Waals surface area (Å²) < 4.78 is 10.3. The maximum Gasteiger partial charge on any atom is 0.291 e. The van der Waals surface area contributed by atoms with Gasteiger partial charge >= 0.3 is 0 Å². The number of carbonyl (C=O) groups excluding carboxylic acids is 2. The molecular weight excluding hydrogens is 296 g/mol. The summed E-state index contributed by atoms with van der Waals surface area (Å²) in [6.07, 6.45) is 1.43. The SMILES string of the molecule is Cc1ccc(C(=O)Nc2ccc(NC(=O)c3ccco3)cc2)o1.